The molecule has 3 aromatic rings. The Morgan fingerprint density at radius 2 is 1.52 bits per heavy atom. The van der Waals surface area contributed by atoms with E-state index in [-0.39, 0.29) is 17.4 Å². The largest absolute Gasteiger partial charge is 0.297 e. The molecule has 3 nitrogen and oxygen atoms in total. The normalized spacial score (nSPS) is 12.7. The first-order valence-electron chi connectivity index (χ1n) is 8.33. The lowest BCUT2D eigenvalue weighted by Gasteiger charge is -2.19. The predicted molar refractivity (Wildman–Crippen MR) is 109 cm³/mol. The quantitative estimate of drug-likeness (QED) is 0.470. The maximum Gasteiger partial charge on any atom is 0.297 e. The van der Waals surface area contributed by atoms with E-state index in [1.165, 1.54) is 12.1 Å². The Morgan fingerprint density at radius 3 is 2.15 bits per heavy atom. The molecule has 0 aliphatic carbocycles. The van der Waals surface area contributed by atoms with Crippen LogP contribution in [-0.2, 0) is 14.3 Å². The molecule has 0 heterocycles. The van der Waals surface area contributed by atoms with Crippen LogP contribution in [0.3, 0.4) is 0 Å². The summed E-state index contributed by atoms with van der Waals surface area (Å²) in [6, 6.07) is 21.1. The standard InChI is InChI=1S/C21H18Cl2O3S/c1-15-6-12-18(13-7-15)27(24,25)26-14-20(16-8-10-17(22)11-9-16)19-4-2-3-5-21(19)23/h2-13,20H,14H2,1H3/t20-/m0/s1. The highest BCUT2D eigenvalue weighted by Crippen LogP contribution is 2.32. The number of hydrogen-bond acceptors (Lipinski definition) is 3. The van der Waals surface area contributed by atoms with Gasteiger partial charge in [-0.05, 0) is 48.4 Å². The molecular weight excluding hydrogens is 403 g/mol. The zero-order chi connectivity index (χ0) is 19.4. The van der Waals surface area contributed by atoms with Gasteiger partial charge in [0.25, 0.3) is 10.1 Å². The highest BCUT2D eigenvalue weighted by molar-refractivity contribution is 7.86. The van der Waals surface area contributed by atoms with E-state index in [1.54, 1.807) is 30.3 Å². The summed E-state index contributed by atoms with van der Waals surface area (Å²) in [7, 11) is -3.88. The van der Waals surface area contributed by atoms with Crippen LogP contribution in [0.15, 0.2) is 77.7 Å². The van der Waals surface area contributed by atoms with Crippen molar-refractivity contribution >= 4 is 33.3 Å². The Morgan fingerprint density at radius 1 is 0.889 bits per heavy atom. The van der Waals surface area contributed by atoms with Gasteiger partial charge >= 0.3 is 0 Å². The average Bonchev–Trinajstić information content (AvgIpc) is 2.65. The molecule has 0 saturated heterocycles. The van der Waals surface area contributed by atoms with Gasteiger partial charge in [-0.1, -0.05) is 71.2 Å². The Hall–Kier alpha value is -1.85. The maximum atomic E-state index is 12.6. The highest BCUT2D eigenvalue weighted by Gasteiger charge is 2.22. The fraction of sp³-hybridized carbons (Fsp3) is 0.143. The van der Waals surface area contributed by atoms with Crippen molar-refractivity contribution in [3.05, 3.63) is 99.5 Å². The van der Waals surface area contributed by atoms with Crippen molar-refractivity contribution in [3.63, 3.8) is 0 Å². The molecule has 1 atom stereocenters. The Bertz CT molecular complexity index is 1010. The average molecular weight is 421 g/mol. The lowest BCUT2D eigenvalue weighted by atomic mass is 9.92. The molecule has 27 heavy (non-hydrogen) atoms. The molecule has 0 fully saturated rings. The molecule has 3 aromatic carbocycles. The molecule has 0 bridgehead atoms. The van der Waals surface area contributed by atoms with Gasteiger partial charge in [-0.25, -0.2) is 0 Å². The van der Waals surface area contributed by atoms with Crippen molar-refractivity contribution < 1.29 is 12.6 Å². The lowest BCUT2D eigenvalue weighted by Crippen LogP contribution is -2.15. The predicted octanol–water partition coefficient (Wildman–Crippen LogP) is 5.84. The van der Waals surface area contributed by atoms with E-state index >= 15 is 0 Å². The zero-order valence-corrected chi connectivity index (χ0v) is 16.9. The monoisotopic (exact) mass is 420 g/mol. The van der Waals surface area contributed by atoms with Gasteiger partial charge in [-0.2, -0.15) is 8.42 Å². The van der Waals surface area contributed by atoms with Gasteiger partial charge < -0.3 is 0 Å². The van der Waals surface area contributed by atoms with Gasteiger partial charge in [-0.3, -0.25) is 4.18 Å². The third kappa shape index (κ3) is 4.90. The van der Waals surface area contributed by atoms with Crippen LogP contribution in [0.1, 0.15) is 22.6 Å². The zero-order valence-electron chi connectivity index (χ0n) is 14.6. The van der Waals surface area contributed by atoms with Crippen LogP contribution in [0.25, 0.3) is 0 Å². The maximum absolute atomic E-state index is 12.6. The van der Waals surface area contributed by atoms with Crippen molar-refractivity contribution in [2.45, 2.75) is 17.7 Å². The van der Waals surface area contributed by atoms with Crippen molar-refractivity contribution in [1.29, 1.82) is 0 Å². The van der Waals surface area contributed by atoms with E-state index in [0.717, 1.165) is 16.7 Å². The molecule has 140 valence electrons. The second kappa shape index (κ2) is 8.44. The van der Waals surface area contributed by atoms with Gasteiger partial charge in [-0.15, -0.1) is 0 Å². The van der Waals surface area contributed by atoms with Crippen molar-refractivity contribution in [2.75, 3.05) is 6.61 Å². The summed E-state index contributed by atoms with van der Waals surface area (Å²) in [5.74, 6) is -0.351. The summed E-state index contributed by atoms with van der Waals surface area (Å²) in [4.78, 5) is 0.127. The number of benzene rings is 3. The van der Waals surface area contributed by atoms with Gasteiger partial charge in [0.2, 0.25) is 0 Å². The minimum absolute atomic E-state index is 0.0679. The van der Waals surface area contributed by atoms with Crippen molar-refractivity contribution in [2.24, 2.45) is 0 Å². The summed E-state index contributed by atoms with van der Waals surface area (Å²) in [5.41, 5.74) is 2.64. The van der Waals surface area contributed by atoms with Gasteiger partial charge in [0.1, 0.15) is 0 Å². The smallest absolute Gasteiger partial charge is 0.265 e. The molecule has 6 heteroatoms. The molecule has 0 unspecified atom stereocenters. The van der Waals surface area contributed by atoms with Crippen molar-refractivity contribution in [1.82, 2.24) is 0 Å². The first-order valence-corrected chi connectivity index (χ1v) is 10.5. The van der Waals surface area contributed by atoms with Crippen LogP contribution in [0.2, 0.25) is 10.0 Å². The Kier molecular flexibility index (Phi) is 6.22. The molecule has 0 aliphatic heterocycles. The molecule has 0 aromatic heterocycles. The van der Waals surface area contributed by atoms with Crippen LogP contribution in [0, 0.1) is 6.92 Å². The number of hydrogen-bond donors (Lipinski definition) is 0. The van der Waals surface area contributed by atoms with E-state index in [9.17, 15) is 8.42 Å². The fourth-order valence-electron chi connectivity index (χ4n) is 2.75. The molecule has 0 spiro atoms. The Balaban J connectivity index is 1.91. The summed E-state index contributed by atoms with van der Waals surface area (Å²) < 4.78 is 30.5. The lowest BCUT2D eigenvalue weighted by molar-refractivity contribution is 0.305. The SMILES string of the molecule is Cc1ccc(S(=O)(=O)OC[C@@H](c2ccc(Cl)cc2)c2ccccc2Cl)cc1. The number of rotatable bonds is 6. The second-order valence-electron chi connectivity index (χ2n) is 6.18. The summed E-state index contributed by atoms with van der Waals surface area (Å²) in [5, 5.41) is 1.15. The minimum Gasteiger partial charge on any atom is -0.265 e. The summed E-state index contributed by atoms with van der Waals surface area (Å²) in [6.07, 6.45) is 0. The molecule has 0 aliphatic rings. The first-order chi connectivity index (χ1) is 12.9. The van der Waals surface area contributed by atoms with E-state index in [4.69, 9.17) is 27.4 Å². The number of halogens is 2. The molecule has 0 amide bonds. The van der Waals surface area contributed by atoms with E-state index in [2.05, 4.69) is 0 Å². The van der Waals surface area contributed by atoms with Gasteiger partial charge in [0.05, 0.1) is 11.5 Å². The second-order valence-corrected chi connectivity index (χ2v) is 8.64. The van der Waals surface area contributed by atoms with E-state index in [1.807, 2.05) is 37.3 Å². The molecular formula is C21H18Cl2O3S. The molecule has 0 radical (unpaired) electrons. The van der Waals surface area contributed by atoms with Crippen molar-refractivity contribution in [3.8, 4) is 0 Å². The summed E-state index contributed by atoms with van der Waals surface area (Å²) >= 11 is 12.3. The van der Waals surface area contributed by atoms with Crippen LogP contribution in [0.5, 0.6) is 0 Å². The topological polar surface area (TPSA) is 43.4 Å². The summed E-state index contributed by atoms with van der Waals surface area (Å²) in [6.45, 7) is 1.83. The highest BCUT2D eigenvalue weighted by atomic mass is 35.5. The van der Waals surface area contributed by atoms with Crippen LogP contribution in [-0.4, -0.2) is 15.0 Å². The third-order valence-electron chi connectivity index (χ3n) is 4.25. The number of aryl methyl sites for hydroxylation is 1. The van der Waals surface area contributed by atoms with Gasteiger partial charge in [0.15, 0.2) is 0 Å². The third-order valence-corrected chi connectivity index (χ3v) is 6.14. The molecule has 0 N–H and O–H groups in total. The van der Waals surface area contributed by atoms with E-state index < -0.39 is 10.1 Å². The van der Waals surface area contributed by atoms with E-state index in [0.29, 0.717) is 10.0 Å². The van der Waals surface area contributed by atoms with Gasteiger partial charge in [0, 0.05) is 16.0 Å². The first kappa shape index (κ1) is 19.9. The molecule has 0 saturated carbocycles. The fourth-order valence-corrected chi connectivity index (χ4v) is 4.06. The van der Waals surface area contributed by atoms with Crippen LogP contribution < -0.4 is 0 Å². The molecule has 3 rings (SSSR count). The minimum atomic E-state index is -3.88. The van der Waals surface area contributed by atoms with Crippen LogP contribution >= 0.6 is 23.2 Å². The van der Waals surface area contributed by atoms with Crippen LogP contribution in [0.4, 0.5) is 0 Å². The Labute approximate surface area is 169 Å².